The molecule has 0 aliphatic rings. The van der Waals surface area contributed by atoms with Crippen molar-refractivity contribution < 1.29 is 18.7 Å². The van der Waals surface area contributed by atoms with Crippen molar-refractivity contribution in [3.8, 4) is 0 Å². The van der Waals surface area contributed by atoms with Gasteiger partial charge in [-0.25, -0.2) is 4.39 Å². The summed E-state index contributed by atoms with van der Waals surface area (Å²) in [5, 5.41) is 2.47. The number of nitrogens with one attached hydrogen (secondary N) is 1. The topological polar surface area (TPSA) is 55.4 Å². The van der Waals surface area contributed by atoms with Gasteiger partial charge >= 0.3 is 5.97 Å². The fourth-order valence-electron chi connectivity index (χ4n) is 1.16. The van der Waals surface area contributed by atoms with Gasteiger partial charge in [-0.2, -0.15) is 0 Å². The summed E-state index contributed by atoms with van der Waals surface area (Å²) in [7, 11) is 1.27. The predicted octanol–water partition coefficient (Wildman–Crippen LogP) is 2.29. The van der Waals surface area contributed by atoms with E-state index in [1.807, 2.05) is 22.6 Å². The number of amides is 1. The van der Waals surface area contributed by atoms with Crippen LogP contribution in [0.3, 0.4) is 0 Å². The van der Waals surface area contributed by atoms with Crippen LogP contribution in [0.4, 0.5) is 4.39 Å². The number of methoxy groups -OCH3 is 1. The fourth-order valence-corrected chi connectivity index (χ4v) is 2.00. The Balaban J connectivity index is 2.66. The highest BCUT2D eigenvalue weighted by Crippen LogP contribution is 2.15. The summed E-state index contributed by atoms with van der Waals surface area (Å²) in [5.41, 5.74) is -0.0714. The first-order valence-corrected chi connectivity index (χ1v) is 6.94. The van der Waals surface area contributed by atoms with Crippen LogP contribution >= 0.6 is 38.5 Å². The molecule has 1 atom stereocenters. The zero-order valence-electron chi connectivity index (χ0n) is 9.38. The molecule has 0 bridgehead atoms. The van der Waals surface area contributed by atoms with Crippen molar-refractivity contribution in [3.05, 3.63) is 34.1 Å². The molecule has 0 fully saturated rings. The smallest absolute Gasteiger partial charge is 0.320 e. The average molecular weight is 430 g/mol. The van der Waals surface area contributed by atoms with Gasteiger partial charge in [-0.15, -0.1) is 0 Å². The summed E-state index contributed by atoms with van der Waals surface area (Å²) < 4.78 is 18.0. The average Bonchev–Trinajstić information content (AvgIpc) is 2.37. The highest BCUT2D eigenvalue weighted by molar-refractivity contribution is 14.1. The molecule has 0 saturated heterocycles. The molecule has 1 aromatic carbocycles. The van der Waals surface area contributed by atoms with Gasteiger partial charge in [-0.3, -0.25) is 9.59 Å². The van der Waals surface area contributed by atoms with Gasteiger partial charge in [-0.05, 0) is 18.2 Å². The van der Waals surface area contributed by atoms with E-state index in [0.29, 0.717) is 4.47 Å². The molecule has 0 aromatic heterocycles. The van der Waals surface area contributed by atoms with Crippen molar-refractivity contribution in [3.63, 3.8) is 0 Å². The van der Waals surface area contributed by atoms with Crippen LogP contribution < -0.4 is 5.32 Å². The predicted molar refractivity (Wildman–Crippen MR) is 76.3 cm³/mol. The highest BCUT2D eigenvalue weighted by Gasteiger charge is 2.18. The summed E-state index contributed by atoms with van der Waals surface area (Å²) in [4.78, 5) is 22.8. The van der Waals surface area contributed by atoms with Crippen molar-refractivity contribution in [1.82, 2.24) is 5.32 Å². The van der Waals surface area contributed by atoms with E-state index >= 15 is 0 Å². The summed E-state index contributed by atoms with van der Waals surface area (Å²) in [6, 6.07) is 4.08. The Morgan fingerprint density at radius 2 is 2.22 bits per heavy atom. The first-order chi connectivity index (χ1) is 8.45. The van der Waals surface area contributed by atoms with Gasteiger partial charge in [0.05, 0.1) is 12.7 Å². The Morgan fingerprint density at radius 3 is 2.83 bits per heavy atom. The number of carbonyl (C=O) groups is 2. The molecule has 0 radical (unpaired) electrons. The van der Waals surface area contributed by atoms with Crippen LogP contribution in [-0.4, -0.2) is 29.5 Å². The third-order valence-corrected chi connectivity index (χ3v) is 3.51. The standard InChI is InChI=1S/C11H10BrFINO3/c1-18-11(17)9(14)5-15-10(16)7-4-6(12)2-3-8(7)13/h2-4,9H,5H2,1H3,(H,15,16). The number of alkyl halides is 1. The largest absolute Gasteiger partial charge is 0.468 e. The van der Waals surface area contributed by atoms with Crippen LogP contribution in [0.15, 0.2) is 22.7 Å². The number of hydrogen-bond acceptors (Lipinski definition) is 3. The lowest BCUT2D eigenvalue weighted by Gasteiger charge is -2.10. The van der Waals surface area contributed by atoms with Crippen molar-refractivity contribution in [2.75, 3.05) is 13.7 Å². The molecule has 0 saturated carbocycles. The van der Waals surface area contributed by atoms with E-state index in [-0.39, 0.29) is 12.1 Å². The van der Waals surface area contributed by atoms with E-state index in [9.17, 15) is 14.0 Å². The van der Waals surface area contributed by atoms with Gasteiger partial charge in [-0.1, -0.05) is 38.5 Å². The molecule has 0 heterocycles. The number of esters is 1. The van der Waals surface area contributed by atoms with Crippen molar-refractivity contribution in [2.45, 2.75) is 3.92 Å². The van der Waals surface area contributed by atoms with Crippen LogP contribution in [0.1, 0.15) is 10.4 Å². The molecule has 1 amide bonds. The maximum atomic E-state index is 13.4. The van der Waals surface area contributed by atoms with Crippen LogP contribution in [0, 0.1) is 5.82 Å². The molecule has 18 heavy (non-hydrogen) atoms. The van der Waals surface area contributed by atoms with Crippen LogP contribution in [0.5, 0.6) is 0 Å². The first kappa shape index (κ1) is 15.4. The molecule has 0 spiro atoms. The van der Waals surface area contributed by atoms with E-state index in [2.05, 4.69) is 26.0 Å². The second-order valence-electron chi connectivity index (χ2n) is 3.32. The molecule has 0 aliphatic carbocycles. The lowest BCUT2D eigenvalue weighted by atomic mass is 10.2. The van der Waals surface area contributed by atoms with Crippen molar-refractivity contribution in [1.29, 1.82) is 0 Å². The van der Waals surface area contributed by atoms with Crippen molar-refractivity contribution in [2.24, 2.45) is 0 Å². The second-order valence-corrected chi connectivity index (χ2v) is 5.74. The number of halogens is 3. The molecular weight excluding hydrogens is 420 g/mol. The SMILES string of the molecule is COC(=O)C(I)CNC(=O)c1cc(Br)ccc1F. The maximum Gasteiger partial charge on any atom is 0.320 e. The Bertz CT molecular complexity index is 470. The minimum Gasteiger partial charge on any atom is -0.468 e. The normalized spacial score (nSPS) is 11.8. The van der Waals surface area contributed by atoms with Gasteiger partial charge in [0.2, 0.25) is 0 Å². The maximum absolute atomic E-state index is 13.4. The monoisotopic (exact) mass is 429 g/mol. The van der Waals surface area contributed by atoms with E-state index < -0.39 is 21.6 Å². The summed E-state index contributed by atoms with van der Waals surface area (Å²) in [6.45, 7) is 0.0814. The molecule has 98 valence electrons. The quantitative estimate of drug-likeness (QED) is 0.454. The first-order valence-electron chi connectivity index (χ1n) is 4.91. The van der Waals surface area contributed by atoms with E-state index in [1.165, 1.54) is 25.3 Å². The minimum atomic E-state index is -0.612. The van der Waals surface area contributed by atoms with E-state index in [4.69, 9.17) is 0 Å². The molecule has 1 aromatic rings. The molecule has 0 aliphatic heterocycles. The lowest BCUT2D eigenvalue weighted by Crippen LogP contribution is -2.34. The molecule has 7 heteroatoms. The summed E-state index contributed by atoms with van der Waals surface area (Å²) >= 11 is 5.00. The Hall–Kier alpha value is -0.700. The second kappa shape index (κ2) is 7.03. The number of rotatable bonds is 4. The molecule has 4 nitrogen and oxygen atoms in total. The summed E-state index contributed by atoms with van der Waals surface area (Å²) in [6.07, 6.45) is 0. The minimum absolute atomic E-state index is 0.0714. The van der Waals surface area contributed by atoms with E-state index in [0.717, 1.165) is 0 Å². The molecule has 1 N–H and O–H groups in total. The van der Waals surface area contributed by atoms with Gasteiger partial charge in [0.1, 0.15) is 9.74 Å². The number of ether oxygens (including phenoxy) is 1. The Kier molecular flexibility index (Phi) is 6.00. The molecule has 1 rings (SSSR count). The van der Waals surface area contributed by atoms with Crippen LogP contribution in [0.25, 0.3) is 0 Å². The third kappa shape index (κ3) is 4.20. The van der Waals surface area contributed by atoms with Gasteiger partial charge in [0.25, 0.3) is 5.91 Å². The molecular formula is C11H10BrFINO3. The zero-order chi connectivity index (χ0) is 13.7. The number of hydrogen-bond donors (Lipinski definition) is 1. The number of carbonyl (C=O) groups excluding carboxylic acids is 2. The van der Waals surface area contributed by atoms with Gasteiger partial charge in [0, 0.05) is 11.0 Å². The zero-order valence-corrected chi connectivity index (χ0v) is 13.1. The Morgan fingerprint density at radius 1 is 1.56 bits per heavy atom. The summed E-state index contributed by atoms with van der Waals surface area (Å²) in [5.74, 6) is -1.62. The van der Waals surface area contributed by atoms with Crippen molar-refractivity contribution >= 4 is 50.4 Å². The lowest BCUT2D eigenvalue weighted by molar-refractivity contribution is -0.139. The number of benzene rings is 1. The van der Waals surface area contributed by atoms with Crippen LogP contribution in [-0.2, 0) is 9.53 Å². The molecule has 1 unspecified atom stereocenters. The highest BCUT2D eigenvalue weighted by atomic mass is 127. The van der Waals surface area contributed by atoms with Gasteiger partial charge < -0.3 is 10.1 Å². The van der Waals surface area contributed by atoms with Crippen LogP contribution in [0.2, 0.25) is 0 Å². The Labute approximate surface area is 126 Å². The fraction of sp³-hybridized carbons (Fsp3) is 0.273. The van der Waals surface area contributed by atoms with E-state index in [1.54, 1.807) is 0 Å². The van der Waals surface area contributed by atoms with Gasteiger partial charge in [0.15, 0.2) is 0 Å². The third-order valence-electron chi connectivity index (χ3n) is 2.07.